The fraction of sp³-hybridized carbons (Fsp3) is 0.231. The summed E-state index contributed by atoms with van der Waals surface area (Å²) in [7, 11) is 1.67. The normalized spacial score (nSPS) is 20.9. The summed E-state index contributed by atoms with van der Waals surface area (Å²) in [4.78, 5) is 12.3. The first-order valence-corrected chi connectivity index (χ1v) is 6.78. The second kappa shape index (κ2) is 4.07. The molecule has 6 nitrogen and oxygen atoms in total. The number of nitrogen functional groups attached to an aromatic ring is 1. The van der Waals surface area contributed by atoms with E-state index in [1.54, 1.807) is 32.2 Å². The minimum absolute atomic E-state index is 0.271. The number of carbonyl (C=O) groups is 1. The molecule has 4 N–H and O–H groups in total. The Labute approximate surface area is 123 Å². The monoisotopic (exact) mass is 336 g/mol. The molecule has 0 aliphatic carbocycles. The number of nitrogens with two attached hydrogens (primary N) is 1. The van der Waals surface area contributed by atoms with Crippen LogP contribution >= 0.6 is 15.9 Å². The topological polar surface area (TPSA) is 93.2 Å². The van der Waals surface area contributed by atoms with Gasteiger partial charge in [0.1, 0.15) is 5.82 Å². The van der Waals surface area contributed by atoms with Crippen LogP contribution in [0, 0.1) is 6.92 Å². The molecule has 2 heterocycles. The third-order valence-corrected chi connectivity index (χ3v) is 4.07. The molecule has 7 heteroatoms. The molecule has 1 aromatic heterocycles. The lowest BCUT2D eigenvalue weighted by Gasteiger charge is -2.21. The highest BCUT2D eigenvalue weighted by Gasteiger charge is 2.50. The molecule has 1 atom stereocenters. The van der Waals surface area contributed by atoms with Crippen molar-refractivity contribution in [2.75, 3.05) is 11.1 Å². The van der Waals surface area contributed by atoms with Gasteiger partial charge in [-0.25, -0.2) is 0 Å². The van der Waals surface area contributed by atoms with E-state index >= 15 is 0 Å². The van der Waals surface area contributed by atoms with Crippen LogP contribution in [0.15, 0.2) is 22.7 Å². The van der Waals surface area contributed by atoms with Gasteiger partial charge < -0.3 is 16.2 Å². The number of aromatic nitrogens is 2. The third-order valence-electron chi connectivity index (χ3n) is 3.58. The standard InChI is InChI=1S/C13H13BrN4O2/c1-6-10(11(15)18(2)17-6)13(20)8-5-7(14)3-4-9(8)16-12(13)19/h3-5,20H,15H2,1-2H3,(H,16,19)/t13-/m1/s1. The Morgan fingerprint density at radius 1 is 1.50 bits per heavy atom. The van der Waals surface area contributed by atoms with Crippen molar-refractivity contribution in [3.05, 3.63) is 39.5 Å². The van der Waals surface area contributed by atoms with Gasteiger partial charge >= 0.3 is 0 Å². The van der Waals surface area contributed by atoms with E-state index in [0.717, 1.165) is 4.47 Å². The van der Waals surface area contributed by atoms with Crippen LogP contribution in [0.5, 0.6) is 0 Å². The number of nitrogens with one attached hydrogen (secondary N) is 1. The van der Waals surface area contributed by atoms with Gasteiger partial charge in [-0.05, 0) is 25.1 Å². The van der Waals surface area contributed by atoms with Crippen molar-refractivity contribution in [1.29, 1.82) is 0 Å². The first kappa shape index (κ1) is 13.1. The quantitative estimate of drug-likeness (QED) is 0.730. The average Bonchev–Trinajstić information content (AvgIpc) is 2.77. The molecule has 0 bridgehead atoms. The molecule has 1 amide bonds. The van der Waals surface area contributed by atoms with E-state index in [1.165, 1.54) is 4.68 Å². The maximum Gasteiger partial charge on any atom is 0.266 e. The molecule has 0 radical (unpaired) electrons. The summed E-state index contributed by atoms with van der Waals surface area (Å²) in [5.74, 6) is -0.249. The van der Waals surface area contributed by atoms with E-state index < -0.39 is 11.5 Å². The summed E-state index contributed by atoms with van der Waals surface area (Å²) in [5, 5.41) is 17.9. The average molecular weight is 337 g/mol. The van der Waals surface area contributed by atoms with E-state index in [0.29, 0.717) is 22.5 Å². The molecule has 1 aliphatic heterocycles. The maximum atomic E-state index is 12.3. The molecule has 20 heavy (non-hydrogen) atoms. The van der Waals surface area contributed by atoms with Crippen LogP contribution in [-0.4, -0.2) is 20.8 Å². The van der Waals surface area contributed by atoms with Crippen LogP contribution in [0.3, 0.4) is 0 Å². The Bertz CT molecular complexity index is 740. The number of aliphatic hydroxyl groups is 1. The number of rotatable bonds is 1. The predicted octanol–water partition coefficient (Wildman–Crippen LogP) is 1.26. The van der Waals surface area contributed by atoms with Crippen LogP contribution in [-0.2, 0) is 17.4 Å². The van der Waals surface area contributed by atoms with Gasteiger partial charge in [-0.15, -0.1) is 0 Å². The van der Waals surface area contributed by atoms with Crippen molar-refractivity contribution in [3.63, 3.8) is 0 Å². The van der Waals surface area contributed by atoms with Gasteiger partial charge in [-0.2, -0.15) is 5.10 Å². The van der Waals surface area contributed by atoms with E-state index in [1.807, 2.05) is 0 Å². The van der Waals surface area contributed by atoms with Crippen LogP contribution in [0.2, 0.25) is 0 Å². The molecular formula is C13H13BrN4O2. The van der Waals surface area contributed by atoms with Crippen LogP contribution in [0.25, 0.3) is 0 Å². The van der Waals surface area contributed by atoms with Crippen molar-refractivity contribution < 1.29 is 9.90 Å². The molecule has 1 aromatic carbocycles. The smallest absolute Gasteiger partial charge is 0.266 e. The van der Waals surface area contributed by atoms with Gasteiger partial charge in [0, 0.05) is 22.8 Å². The molecule has 104 valence electrons. The molecular weight excluding hydrogens is 324 g/mol. The summed E-state index contributed by atoms with van der Waals surface area (Å²) in [6.45, 7) is 1.72. The number of aryl methyl sites for hydroxylation is 2. The largest absolute Gasteiger partial charge is 0.384 e. The second-order valence-corrected chi connectivity index (χ2v) is 5.74. The van der Waals surface area contributed by atoms with Gasteiger partial charge in [0.05, 0.1) is 11.3 Å². The fourth-order valence-electron chi connectivity index (χ4n) is 2.63. The second-order valence-electron chi connectivity index (χ2n) is 4.82. The summed E-state index contributed by atoms with van der Waals surface area (Å²) >= 11 is 3.35. The first-order chi connectivity index (χ1) is 9.35. The van der Waals surface area contributed by atoms with Crippen LogP contribution in [0.1, 0.15) is 16.8 Å². The fourth-order valence-corrected chi connectivity index (χ4v) is 2.99. The highest BCUT2D eigenvalue weighted by molar-refractivity contribution is 9.10. The lowest BCUT2D eigenvalue weighted by atomic mass is 9.87. The highest BCUT2D eigenvalue weighted by atomic mass is 79.9. The summed E-state index contributed by atoms with van der Waals surface area (Å²) in [6.07, 6.45) is 0. The van der Waals surface area contributed by atoms with E-state index in [2.05, 4.69) is 26.3 Å². The van der Waals surface area contributed by atoms with Gasteiger partial charge in [0.25, 0.3) is 5.91 Å². The molecule has 3 rings (SSSR count). The third kappa shape index (κ3) is 1.53. The Morgan fingerprint density at radius 2 is 2.20 bits per heavy atom. The minimum Gasteiger partial charge on any atom is -0.384 e. The lowest BCUT2D eigenvalue weighted by molar-refractivity contribution is -0.129. The van der Waals surface area contributed by atoms with Crippen molar-refractivity contribution in [3.8, 4) is 0 Å². The Morgan fingerprint density at radius 3 is 2.80 bits per heavy atom. The summed E-state index contributed by atoms with van der Waals surface area (Å²) < 4.78 is 2.22. The number of anilines is 2. The molecule has 1 aliphatic rings. The van der Waals surface area contributed by atoms with E-state index in [9.17, 15) is 9.90 Å². The van der Waals surface area contributed by atoms with E-state index in [4.69, 9.17) is 5.73 Å². The molecule has 0 fully saturated rings. The Kier molecular flexibility index (Phi) is 2.67. The van der Waals surface area contributed by atoms with Crippen molar-refractivity contribution in [2.24, 2.45) is 7.05 Å². The lowest BCUT2D eigenvalue weighted by Crippen LogP contribution is -2.36. The molecule has 0 spiro atoms. The predicted molar refractivity (Wildman–Crippen MR) is 78.1 cm³/mol. The molecule has 0 saturated heterocycles. The Hall–Kier alpha value is -1.86. The van der Waals surface area contributed by atoms with Gasteiger partial charge in [-0.1, -0.05) is 15.9 Å². The highest BCUT2D eigenvalue weighted by Crippen LogP contribution is 2.44. The number of hydrogen-bond donors (Lipinski definition) is 3. The van der Waals surface area contributed by atoms with Gasteiger partial charge in [0.2, 0.25) is 5.60 Å². The summed E-state index contributed by atoms with van der Waals surface area (Å²) in [5.41, 5.74) is 6.05. The number of fused-ring (bicyclic) bond motifs is 1. The Balaban J connectivity index is 2.32. The number of nitrogens with zero attached hydrogens (tertiary/aromatic N) is 2. The molecule has 0 saturated carbocycles. The van der Waals surface area contributed by atoms with Crippen molar-refractivity contribution >= 4 is 33.3 Å². The first-order valence-electron chi connectivity index (χ1n) is 5.99. The zero-order valence-electron chi connectivity index (χ0n) is 10.9. The van der Waals surface area contributed by atoms with Crippen molar-refractivity contribution in [2.45, 2.75) is 12.5 Å². The van der Waals surface area contributed by atoms with Crippen LogP contribution < -0.4 is 11.1 Å². The van der Waals surface area contributed by atoms with E-state index in [-0.39, 0.29) is 5.82 Å². The number of amides is 1. The van der Waals surface area contributed by atoms with Crippen LogP contribution in [0.4, 0.5) is 11.5 Å². The van der Waals surface area contributed by atoms with Gasteiger partial charge in [-0.3, -0.25) is 9.48 Å². The maximum absolute atomic E-state index is 12.3. The molecule has 0 unspecified atom stereocenters. The molecule has 2 aromatic rings. The number of benzene rings is 1. The SMILES string of the molecule is Cc1nn(C)c(N)c1[C@@]1(O)C(=O)Nc2ccc(Br)cc21. The van der Waals surface area contributed by atoms with Crippen molar-refractivity contribution in [1.82, 2.24) is 9.78 Å². The summed E-state index contributed by atoms with van der Waals surface area (Å²) in [6, 6.07) is 5.24. The zero-order chi connectivity index (χ0) is 14.7. The number of halogens is 1. The minimum atomic E-state index is -1.82. The zero-order valence-corrected chi connectivity index (χ0v) is 12.5. The number of carbonyl (C=O) groups excluding carboxylic acids is 1. The number of hydrogen-bond acceptors (Lipinski definition) is 4. The van der Waals surface area contributed by atoms with Gasteiger partial charge in [0.15, 0.2) is 0 Å².